The molecule has 0 aliphatic carbocycles. The van der Waals surface area contributed by atoms with Gasteiger partial charge in [0.05, 0.1) is 23.3 Å². The number of benzene rings is 3. The minimum absolute atomic E-state index is 0.300. The fraction of sp³-hybridized carbons (Fsp3) is 0.281. The number of allylic oxidation sites excluding steroid dienone is 1. The van der Waals surface area contributed by atoms with E-state index in [9.17, 15) is 4.79 Å². The quantitative estimate of drug-likeness (QED) is 0.133. The van der Waals surface area contributed by atoms with Gasteiger partial charge in [0.1, 0.15) is 12.6 Å². The van der Waals surface area contributed by atoms with Crippen molar-refractivity contribution in [3.8, 4) is 11.5 Å². The van der Waals surface area contributed by atoms with Gasteiger partial charge in [-0.25, -0.2) is 9.48 Å². The number of carbonyl (C=O) groups is 1. The second-order valence-electron chi connectivity index (χ2n) is 10.4. The molecule has 0 saturated carbocycles. The second-order valence-corrected chi connectivity index (χ2v) is 12.6. The number of halogens is 2. The van der Waals surface area contributed by atoms with Crippen LogP contribution in [-0.2, 0) is 21.9 Å². The first-order chi connectivity index (χ1) is 20.6. The Morgan fingerprint density at radius 2 is 1.93 bits per heavy atom. The molecule has 0 radical (unpaired) electrons. The molecule has 2 heterocycles. The number of aryl methyl sites for hydroxylation is 1. The lowest BCUT2D eigenvalue weighted by Crippen LogP contribution is -2.30. The molecule has 1 aromatic heterocycles. The zero-order chi connectivity index (χ0) is 30.7. The summed E-state index contributed by atoms with van der Waals surface area (Å²) in [5, 5.41) is 9.31. The third-order valence-electron chi connectivity index (χ3n) is 6.74. The first-order valence-corrected chi connectivity index (χ1v) is 15.9. The summed E-state index contributed by atoms with van der Waals surface area (Å²) in [5.41, 5.74) is 4.99. The van der Waals surface area contributed by atoms with Crippen molar-refractivity contribution in [1.82, 2.24) is 14.8 Å². The molecule has 1 aliphatic heterocycles. The summed E-state index contributed by atoms with van der Waals surface area (Å²) in [6, 6.07) is 19.0. The normalized spacial score (nSPS) is 14.4. The maximum absolute atomic E-state index is 13.5. The number of thioether (sulfide) groups is 1. The number of fused-ring (bicyclic) bond motifs is 1. The fourth-order valence-electron chi connectivity index (χ4n) is 4.80. The van der Waals surface area contributed by atoms with Crippen LogP contribution in [0.4, 0.5) is 5.95 Å². The molecule has 5 rings (SSSR count). The summed E-state index contributed by atoms with van der Waals surface area (Å²) in [5.74, 6) is 1.74. The fourth-order valence-corrected chi connectivity index (χ4v) is 6.48. The largest absolute Gasteiger partial charge is 0.493 e. The van der Waals surface area contributed by atoms with E-state index >= 15 is 0 Å². The van der Waals surface area contributed by atoms with E-state index in [0.717, 1.165) is 22.3 Å². The predicted octanol–water partition coefficient (Wildman–Crippen LogP) is 8.12. The van der Waals surface area contributed by atoms with Crippen LogP contribution >= 0.6 is 39.3 Å². The van der Waals surface area contributed by atoms with Gasteiger partial charge in [0, 0.05) is 16.5 Å². The molecular weight excluding hydrogens is 652 g/mol. The van der Waals surface area contributed by atoms with Gasteiger partial charge < -0.3 is 19.5 Å². The van der Waals surface area contributed by atoms with Crippen LogP contribution in [0, 0.1) is 6.92 Å². The van der Waals surface area contributed by atoms with E-state index in [1.54, 1.807) is 11.8 Å². The van der Waals surface area contributed by atoms with Gasteiger partial charge in [-0.2, -0.15) is 4.98 Å². The van der Waals surface area contributed by atoms with Crippen LogP contribution in [0.25, 0.3) is 0 Å². The molecule has 0 fully saturated rings. The standard InChI is InChI=1S/C32H32BrClN4O4S/c1-18(2)42-30(39)27-20(4)35-31-36-32(43-17-22-11-6-7-12-25(22)34)37-38(31)28(27)23-14-24(33)29(26(15-23)40-5)41-16-21-10-8-9-19(3)13-21/h6-15,18,28H,16-17H2,1-5H3,(H,35,36,37). The van der Waals surface area contributed by atoms with Gasteiger partial charge in [-0.1, -0.05) is 71.4 Å². The number of carbonyl (C=O) groups excluding carboxylic acids is 1. The average molecular weight is 684 g/mol. The number of hydrogen-bond donors (Lipinski definition) is 1. The first-order valence-electron chi connectivity index (χ1n) is 13.7. The van der Waals surface area contributed by atoms with E-state index in [4.69, 9.17) is 35.9 Å². The number of hydrogen-bond acceptors (Lipinski definition) is 8. The molecule has 0 amide bonds. The molecular formula is C32H32BrClN4O4S. The highest BCUT2D eigenvalue weighted by molar-refractivity contribution is 9.10. The molecule has 3 aromatic carbocycles. The highest BCUT2D eigenvalue weighted by atomic mass is 79.9. The monoisotopic (exact) mass is 682 g/mol. The van der Waals surface area contributed by atoms with Crippen molar-refractivity contribution in [1.29, 1.82) is 0 Å². The lowest BCUT2D eigenvalue weighted by Gasteiger charge is -2.29. The van der Waals surface area contributed by atoms with E-state index in [0.29, 0.717) is 55.7 Å². The van der Waals surface area contributed by atoms with E-state index in [-0.39, 0.29) is 6.10 Å². The molecule has 11 heteroatoms. The summed E-state index contributed by atoms with van der Waals surface area (Å²) < 4.78 is 20.1. The van der Waals surface area contributed by atoms with Crippen molar-refractivity contribution >= 4 is 51.2 Å². The van der Waals surface area contributed by atoms with Crippen LogP contribution in [0.2, 0.25) is 5.02 Å². The Kier molecular flexibility index (Phi) is 9.68. The summed E-state index contributed by atoms with van der Waals surface area (Å²) in [4.78, 5) is 18.2. The summed E-state index contributed by atoms with van der Waals surface area (Å²) >= 11 is 11.5. The van der Waals surface area contributed by atoms with Gasteiger partial charge in [-0.3, -0.25) is 0 Å². The molecule has 0 spiro atoms. The number of esters is 1. The Bertz CT molecular complexity index is 1690. The number of nitrogens with one attached hydrogen (secondary N) is 1. The van der Waals surface area contributed by atoms with Crippen molar-refractivity contribution in [2.24, 2.45) is 0 Å². The van der Waals surface area contributed by atoms with Gasteiger partial charge in [0.15, 0.2) is 11.5 Å². The zero-order valence-electron chi connectivity index (χ0n) is 24.5. The zero-order valence-corrected chi connectivity index (χ0v) is 27.6. The lowest BCUT2D eigenvalue weighted by molar-refractivity contribution is -0.143. The Morgan fingerprint density at radius 3 is 2.65 bits per heavy atom. The number of anilines is 1. The Hall–Kier alpha value is -3.47. The van der Waals surface area contributed by atoms with Gasteiger partial charge in [-0.05, 0) is 78.5 Å². The maximum atomic E-state index is 13.5. The van der Waals surface area contributed by atoms with Crippen LogP contribution in [0.1, 0.15) is 49.1 Å². The van der Waals surface area contributed by atoms with Gasteiger partial charge >= 0.3 is 5.97 Å². The smallest absolute Gasteiger partial charge is 0.338 e. The lowest BCUT2D eigenvalue weighted by atomic mass is 9.95. The number of nitrogens with zero attached hydrogens (tertiary/aromatic N) is 3. The molecule has 0 saturated heterocycles. The minimum atomic E-state index is -0.638. The number of methoxy groups -OCH3 is 1. The Labute approximate surface area is 268 Å². The molecule has 8 nitrogen and oxygen atoms in total. The molecule has 4 aromatic rings. The predicted molar refractivity (Wildman–Crippen MR) is 173 cm³/mol. The summed E-state index contributed by atoms with van der Waals surface area (Å²) in [7, 11) is 1.59. The van der Waals surface area contributed by atoms with E-state index in [1.165, 1.54) is 11.8 Å². The molecule has 0 bridgehead atoms. The second kappa shape index (κ2) is 13.4. The molecule has 1 N–H and O–H groups in total. The molecule has 224 valence electrons. The van der Waals surface area contributed by atoms with Crippen molar-refractivity contribution in [3.05, 3.63) is 104 Å². The van der Waals surface area contributed by atoms with Gasteiger partial charge in [0.25, 0.3) is 0 Å². The van der Waals surface area contributed by atoms with Crippen LogP contribution in [-0.4, -0.2) is 33.9 Å². The molecule has 1 unspecified atom stereocenters. The third-order valence-corrected chi connectivity index (χ3v) is 8.59. The van der Waals surface area contributed by atoms with Crippen LogP contribution in [0.5, 0.6) is 11.5 Å². The Morgan fingerprint density at radius 1 is 1.14 bits per heavy atom. The van der Waals surface area contributed by atoms with Crippen LogP contribution < -0.4 is 14.8 Å². The number of aromatic nitrogens is 3. The highest BCUT2D eigenvalue weighted by Gasteiger charge is 2.36. The van der Waals surface area contributed by atoms with Crippen molar-refractivity contribution in [2.75, 3.05) is 12.4 Å². The van der Waals surface area contributed by atoms with Crippen molar-refractivity contribution in [2.45, 2.75) is 57.4 Å². The number of rotatable bonds is 10. The Balaban J connectivity index is 1.52. The molecule has 1 atom stereocenters. The van der Waals surface area contributed by atoms with Gasteiger partial charge in [0.2, 0.25) is 11.1 Å². The van der Waals surface area contributed by atoms with Crippen molar-refractivity contribution in [3.63, 3.8) is 0 Å². The topological polar surface area (TPSA) is 87.5 Å². The SMILES string of the molecule is COc1cc(C2C(C(=O)OC(C)C)=C(C)Nc3nc(SCc4ccccc4Cl)nn32)cc(Br)c1OCc1cccc(C)c1. The van der Waals surface area contributed by atoms with E-state index in [2.05, 4.69) is 27.3 Å². The minimum Gasteiger partial charge on any atom is -0.493 e. The first kappa shape index (κ1) is 31.0. The molecule has 1 aliphatic rings. The van der Waals surface area contributed by atoms with Crippen LogP contribution in [0.3, 0.4) is 0 Å². The van der Waals surface area contributed by atoms with E-state index < -0.39 is 12.0 Å². The van der Waals surface area contributed by atoms with Crippen LogP contribution in [0.15, 0.2) is 81.6 Å². The highest BCUT2D eigenvalue weighted by Crippen LogP contribution is 2.43. The number of ether oxygens (including phenoxy) is 3. The average Bonchev–Trinajstić information content (AvgIpc) is 3.36. The maximum Gasteiger partial charge on any atom is 0.338 e. The van der Waals surface area contributed by atoms with Gasteiger partial charge in [-0.15, -0.1) is 5.10 Å². The van der Waals surface area contributed by atoms with E-state index in [1.807, 2.05) is 82.3 Å². The molecule has 43 heavy (non-hydrogen) atoms. The summed E-state index contributed by atoms with van der Waals surface area (Å²) in [6.45, 7) is 7.90. The third kappa shape index (κ3) is 7.03. The van der Waals surface area contributed by atoms with Crippen molar-refractivity contribution < 1.29 is 19.0 Å². The summed E-state index contributed by atoms with van der Waals surface area (Å²) in [6.07, 6.45) is -0.300.